The zero-order chi connectivity index (χ0) is 15.9. The molecule has 0 radical (unpaired) electrons. The molecule has 0 spiro atoms. The van der Waals surface area contributed by atoms with Gasteiger partial charge in [0.2, 0.25) is 0 Å². The van der Waals surface area contributed by atoms with Crippen molar-refractivity contribution in [3.63, 3.8) is 0 Å². The molecule has 4 heteroatoms. The van der Waals surface area contributed by atoms with E-state index in [0.717, 1.165) is 23.0 Å². The van der Waals surface area contributed by atoms with Crippen LogP contribution < -0.4 is 0 Å². The molecule has 112 valence electrons. The number of carbonyl (C=O) groups is 2. The van der Waals surface area contributed by atoms with E-state index in [-0.39, 0.29) is 16.8 Å². The molecule has 1 aromatic heterocycles. The number of hydrogen-bond acceptors (Lipinski definition) is 2. The van der Waals surface area contributed by atoms with Gasteiger partial charge in [-0.15, -0.1) is 0 Å². The maximum Gasteiger partial charge on any atom is 0.335 e. The van der Waals surface area contributed by atoms with Gasteiger partial charge in [-0.05, 0) is 37.0 Å². The van der Waals surface area contributed by atoms with E-state index in [0.29, 0.717) is 5.56 Å². The number of ketones is 1. The van der Waals surface area contributed by atoms with Crippen molar-refractivity contribution in [1.29, 1.82) is 0 Å². The summed E-state index contributed by atoms with van der Waals surface area (Å²) in [6, 6.07) is 3.33. The zero-order valence-corrected chi connectivity index (χ0v) is 13.2. The van der Waals surface area contributed by atoms with Gasteiger partial charge in [0.25, 0.3) is 0 Å². The summed E-state index contributed by atoms with van der Waals surface area (Å²) < 4.78 is 2.03. The predicted molar refractivity (Wildman–Crippen MR) is 83.3 cm³/mol. The molecule has 0 atom stereocenters. The number of rotatable bonds is 3. The van der Waals surface area contributed by atoms with Crippen molar-refractivity contribution in [1.82, 2.24) is 4.57 Å². The van der Waals surface area contributed by atoms with Crippen LogP contribution in [0, 0.1) is 0 Å². The Kier molecular flexibility index (Phi) is 3.66. The van der Waals surface area contributed by atoms with Gasteiger partial charge in [-0.2, -0.15) is 0 Å². The predicted octanol–water partition coefficient (Wildman–Crippen LogP) is 3.86. The van der Waals surface area contributed by atoms with Crippen LogP contribution in [0.3, 0.4) is 0 Å². The number of carbonyl (C=O) groups excluding carboxylic acids is 1. The molecule has 0 aliphatic carbocycles. The SMILES string of the molecule is CCn1cc(C(C)=O)c2cc(C(=O)O)cc(C(C)(C)C)c21. The molecule has 1 aromatic carbocycles. The first kappa shape index (κ1) is 15.3. The maximum atomic E-state index is 11.9. The second kappa shape index (κ2) is 5.02. The summed E-state index contributed by atoms with van der Waals surface area (Å²) >= 11 is 0. The summed E-state index contributed by atoms with van der Waals surface area (Å²) in [4.78, 5) is 23.3. The number of benzene rings is 1. The Bertz CT molecular complexity index is 733. The lowest BCUT2D eigenvalue weighted by atomic mass is 9.84. The van der Waals surface area contributed by atoms with E-state index < -0.39 is 5.97 Å². The molecule has 0 saturated heterocycles. The summed E-state index contributed by atoms with van der Waals surface area (Å²) in [7, 11) is 0. The van der Waals surface area contributed by atoms with Crippen LogP contribution in [-0.4, -0.2) is 21.4 Å². The fourth-order valence-corrected chi connectivity index (χ4v) is 2.66. The van der Waals surface area contributed by atoms with Gasteiger partial charge in [-0.25, -0.2) is 4.79 Å². The Morgan fingerprint density at radius 1 is 1.24 bits per heavy atom. The number of aryl methyl sites for hydroxylation is 1. The molecule has 1 heterocycles. The van der Waals surface area contributed by atoms with Crippen molar-refractivity contribution in [3.05, 3.63) is 35.0 Å². The number of carboxylic acid groups (broad SMARTS) is 1. The van der Waals surface area contributed by atoms with Gasteiger partial charge in [0, 0.05) is 23.7 Å². The van der Waals surface area contributed by atoms with Gasteiger partial charge in [-0.3, -0.25) is 4.79 Å². The molecule has 0 aliphatic heterocycles. The first-order valence-corrected chi connectivity index (χ1v) is 7.08. The maximum absolute atomic E-state index is 11.9. The van der Waals surface area contributed by atoms with Crippen molar-refractivity contribution in [2.45, 2.75) is 46.6 Å². The van der Waals surface area contributed by atoms with E-state index >= 15 is 0 Å². The van der Waals surface area contributed by atoms with Crippen molar-refractivity contribution in [2.24, 2.45) is 0 Å². The van der Waals surface area contributed by atoms with Crippen LogP contribution >= 0.6 is 0 Å². The summed E-state index contributed by atoms with van der Waals surface area (Å²) in [5.41, 5.74) is 2.51. The standard InChI is InChI=1S/C17H21NO3/c1-6-18-9-13(10(2)19)12-7-11(16(20)21)8-14(15(12)18)17(3,4)5/h7-9H,6H2,1-5H3,(H,20,21). The molecular formula is C17H21NO3. The zero-order valence-electron chi connectivity index (χ0n) is 13.2. The van der Waals surface area contributed by atoms with Crippen molar-refractivity contribution in [3.8, 4) is 0 Å². The van der Waals surface area contributed by atoms with Crippen LogP contribution in [0.2, 0.25) is 0 Å². The molecule has 0 fully saturated rings. The van der Waals surface area contributed by atoms with Crippen LogP contribution in [0.4, 0.5) is 0 Å². The van der Waals surface area contributed by atoms with E-state index in [1.54, 1.807) is 12.1 Å². The second-order valence-electron chi connectivity index (χ2n) is 6.36. The lowest BCUT2D eigenvalue weighted by Crippen LogP contribution is -2.15. The van der Waals surface area contributed by atoms with E-state index in [1.165, 1.54) is 6.92 Å². The molecule has 0 unspecified atom stereocenters. The molecule has 2 aromatic rings. The second-order valence-corrected chi connectivity index (χ2v) is 6.36. The van der Waals surface area contributed by atoms with Crippen molar-refractivity contribution in [2.75, 3.05) is 0 Å². The van der Waals surface area contributed by atoms with E-state index in [2.05, 4.69) is 0 Å². The van der Waals surface area contributed by atoms with Crippen LogP contribution in [-0.2, 0) is 12.0 Å². The summed E-state index contributed by atoms with van der Waals surface area (Å²) in [5, 5.41) is 10.1. The third-order valence-corrected chi connectivity index (χ3v) is 3.75. The molecule has 0 aliphatic rings. The largest absolute Gasteiger partial charge is 0.478 e. The fraction of sp³-hybridized carbons (Fsp3) is 0.412. The lowest BCUT2D eigenvalue weighted by molar-refractivity contribution is 0.0696. The average Bonchev–Trinajstić information content (AvgIpc) is 2.74. The number of aromatic carboxylic acids is 1. The van der Waals surface area contributed by atoms with Crippen LogP contribution in [0.15, 0.2) is 18.3 Å². The van der Waals surface area contributed by atoms with Crippen LogP contribution in [0.1, 0.15) is 60.9 Å². The summed E-state index contributed by atoms with van der Waals surface area (Å²) in [6.45, 7) is 10.4. The van der Waals surface area contributed by atoms with Gasteiger partial charge in [0.15, 0.2) is 5.78 Å². The normalized spacial score (nSPS) is 11.9. The Labute approximate surface area is 124 Å². The topological polar surface area (TPSA) is 59.3 Å². The van der Waals surface area contributed by atoms with E-state index in [9.17, 15) is 14.7 Å². The minimum Gasteiger partial charge on any atom is -0.478 e. The molecule has 2 rings (SSSR count). The van der Waals surface area contributed by atoms with Gasteiger partial charge in [0.05, 0.1) is 11.1 Å². The highest BCUT2D eigenvalue weighted by Crippen LogP contribution is 2.34. The van der Waals surface area contributed by atoms with Crippen molar-refractivity contribution >= 4 is 22.7 Å². The molecule has 0 amide bonds. The molecular weight excluding hydrogens is 266 g/mol. The van der Waals surface area contributed by atoms with E-state index in [1.807, 2.05) is 38.5 Å². The molecule has 21 heavy (non-hydrogen) atoms. The minimum atomic E-state index is -0.971. The number of fused-ring (bicyclic) bond motifs is 1. The number of nitrogens with zero attached hydrogens (tertiary/aromatic N) is 1. The van der Waals surface area contributed by atoms with Gasteiger partial charge in [0.1, 0.15) is 0 Å². The Morgan fingerprint density at radius 3 is 2.29 bits per heavy atom. The van der Waals surface area contributed by atoms with Crippen LogP contribution in [0.5, 0.6) is 0 Å². The monoisotopic (exact) mass is 287 g/mol. The Hall–Kier alpha value is -2.10. The highest BCUT2D eigenvalue weighted by Gasteiger charge is 2.24. The minimum absolute atomic E-state index is 0.0467. The molecule has 4 nitrogen and oxygen atoms in total. The smallest absolute Gasteiger partial charge is 0.335 e. The quantitative estimate of drug-likeness (QED) is 0.872. The van der Waals surface area contributed by atoms with Gasteiger partial charge < -0.3 is 9.67 Å². The summed E-state index contributed by atoms with van der Waals surface area (Å²) in [6.07, 6.45) is 1.83. The van der Waals surface area contributed by atoms with Gasteiger partial charge >= 0.3 is 5.97 Å². The Balaban J connectivity index is 2.99. The molecule has 0 saturated carbocycles. The third kappa shape index (κ3) is 2.58. The van der Waals surface area contributed by atoms with Crippen LogP contribution in [0.25, 0.3) is 10.9 Å². The first-order valence-electron chi connectivity index (χ1n) is 7.08. The summed E-state index contributed by atoms with van der Waals surface area (Å²) in [5.74, 6) is -1.02. The number of hydrogen-bond donors (Lipinski definition) is 1. The average molecular weight is 287 g/mol. The number of Topliss-reactive ketones (excluding diaryl/α,β-unsaturated/α-hetero) is 1. The fourth-order valence-electron chi connectivity index (χ4n) is 2.66. The number of carboxylic acids is 1. The van der Waals surface area contributed by atoms with E-state index in [4.69, 9.17) is 0 Å². The number of aromatic nitrogens is 1. The van der Waals surface area contributed by atoms with Gasteiger partial charge in [-0.1, -0.05) is 20.8 Å². The highest BCUT2D eigenvalue weighted by atomic mass is 16.4. The first-order chi connectivity index (χ1) is 9.66. The highest BCUT2D eigenvalue weighted by molar-refractivity contribution is 6.09. The van der Waals surface area contributed by atoms with Crippen molar-refractivity contribution < 1.29 is 14.7 Å². The lowest BCUT2D eigenvalue weighted by Gasteiger charge is -2.22. The third-order valence-electron chi connectivity index (χ3n) is 3.75. The molecule has 0 bridgehead atoms. The Morgan fingerprint density at radius 2 is 1.86 bits per heavy atom. The molecule has 1 N–H and O–H groups in total.